The first kappa shape index (κ1) is 17.4. The quantitative estimate of drug-likeness (QED) is 0.560. The summed E-state index contributed by atoms with van der Waals surface area (Å²) >= 11 is 0. The van der Waals surface area contributed by atoms with Gasteiger partial charge in [0.25, 0.3) is 0 Å². The Morgan fingerprint density at radius 3 is 2.17 bits per heavy atom. The summed E-state index contributed by atoms with van der Waals surface area (Å²) in [6.45, 7) is 12.2. The van der Waals surface area contributed by atoms with E-state index in [1.54, 1.807) is 0 Å². The zero-order chi connectivity index (χ0) is 13.6. The highest BCUT2D eigenvalue weighted by Gasteiger charge is 2.19. The zero-order valence-corrected chi connectivity index (χ0v) is 12.5. The van der Waals surface area contributed by atoms with Crippen molar-refractivity contribution in [3.05, 3.63) is 0 Å². The standard InChI is InChI=1S/C15H31N.CHN/c1-3-5-6-7-8-9-10-12-16-13-11-15(4-2)14-16;1-2/h15H,3-14H2,1-2H3;1H. The topological polar surface area (TPSA) is 27.0 Å². The Morgan fingerprint density at radius 1 is 1.00 bits per heavy atom. The number of likely N-dealkylation sites (tertiary alicyclic amines) is 1. The van der Waals surface area contributed by atoms with Crippen molar-refractivity contribution in [2.75, 3.05) is 19.6 Å². The van der Waals surface area contributed by atoms with Crippen molar-refractivity contribution in [1.82, 2.24) is 4.90 Å². The Kier molecular flexibility index (Phi) is 12.5. The maximum atomic E-state index is 6.50. The van der Waals surface area contributed by atoms with Gasteiger partial charge in [-0.25, -0.2) is 5.26 Å². The molecule has 0 aromatic rings. The molecule has 1 unspecified atom stereocenters. The highest BCUT2D eigenvalue weighted by Crippen LogP contribution is 2.19. The second kappa shape index (κ2) is 12.9. The van der Waals surface area contributed by atoms with Crippen molar-refractivity contribution in [3.63, 3.8) is 0 Å². The normalized spacial score (nSPS) is 19.4. The summed E-state index contributed by atoms with van der Waals surface area (Å²) in [5.74, 6) is 1.00. The van der Waals surface area contributed by atoms with Crippen molar-refractivity contribution >= 4 is 0 Å². The van der Waals surface area contributed by atoms with Gasteiger partial charge in [-0.05, 0) is 31.8 Å². The van der Waals surface area contributed by atoms with Gasteiger partial charge in [0, 0.05) is 13.1 Å². The molecule has 0 aromatic carbocycles. The number of nitrogens with zero attached hydrogens (tertiary/aromatic N) is 2. The summed E-state index contributed by atoms with van der Waals surface area (Å²) in [5, 5.41) is 6.50. The molecule has 1 atom stereocenters. The van der Waals surface area contributed by atoms with Crippen LogP contribution in [0.15, 0.2) is 0 Å². The van der Waals surface area contributed by atoms with E-state index in [-0.39, 0.29) is 0 Å². The fourth-order valence-electron chi connectivity index (χ4n) is 2.74. The van der Waals surface area contributed by atoms with Crippen molar-refractivity contribution in [3.8, 4) is 6.57 Å². The zero-order valence-electron chi connectivity index (χ0n) is 12.5. The maximum absolute atomic E-state index is 6.50. The lowest BCUT2D eigenvalue weighted by Crippen LogP contribution is -2.21. The minimum Gasteiger partial charge on any atom is -0.303 e. The molecule has 0 N–H and O–H groups in total. The maximum Gasteiger partial charge on any atom is 0.0462 e. The van der Waals surface area contributed by atoms with Crippen molar-refractivity contribution < 1.29 is 0 Å². The van der Waals surface area contributed by atoms with Crippen LogP contribution in [0.3, 0.4) is 0 Å². The molecule has 0 radical (unpaired) electrons. The minimum absolute atomic E-state index is 1.00. The lowest BCUT2D eigenvalue weighted by molar-refractivity contribution is 0.313. The van der Waals surface area contributed by atoms with Crippen LogP contribution in [0.2, 0.25) is 0 Å². The fourth-order valence-corrected chi connectivity index (χ4v) is 2.74. The van der Waals surface area contributed by atoms with Crippen LogP contribution in [-0.2, 0) is 0 Å². The molecule has 1 rings (SSSR count). The second-order valence-electron chi connectivity index (χ2n) is 5.48. The minimum atomic E-state index is 1.00. The van der Waals surface area contributed by atoms with Gasteiger partial charge in [0.15, 0.2) is 0 Å². The number of rotatable bonds is 9. The molecule has 1 aliphatic heterocycles. The third-order valence-corrected chi connectivity index (χ3v) is 4.03. The number of hydrogen-bond acceptors (Lipinski definition) is 2. The van der Waals surface area contributed by atoms with Crippen LogP contribution in [0.1, 0.15) is 71.6 Å². The summed E-state index contributed by atoms with van der Waals surface area (Å²) in [7, 11) is 0. The molecule has 1 saturated heterocycles. The van der Waals surface area contributed by atoms with Gasteiger partial charge in [0.2, 0.25) is 0 Å². The summed E-state index contributed by atoms with van der Waals surface area (Å²) in [4.78, 5) is 2.68. The molecule has 0 aliphatic carbocycles. The molecule has 106 valence electrons. The second-order valence-corrected chi connectivity index (χ2v) is 5.48. The van der Waals surface area contributed by atoms with E-state index < -0.39 is 0 Å². The average molecular weight is 252 g/mol. The Bertz CT molecular complexity index is 189. The van der Waals surface area contributed by atoms with Gasteiger partial charge >= 0.3 is 0 Å². The number of nitriles is 1. The third kappa shape index (κ3) is 8.53. The first-order chi connectivity index (χ1) is 8.86. The Balaban J connectivity index is 0.00000137. The predicted octanol–water partition coefficient (Wildman–Crippen LogP) is 4.61. The van der Waals surface area contributed by atoms with Gasteiger partial charge in [-0.3, -0.25) is 0 Å². The highest BCUT2D eigenvalue weighted by molar-refractivity contribution is 4.74. The van der Waals surface area contributed by atoms with Gasteiger partial charge < -0.3 is 4.90 Å². The predicted molar refractivity (Wildman–Crippen MR) is 79.5 cm³/mol. The number of unbranched alkanes of at least 4 members (excludes halogenated alkanes) is 6. The van der Waals surface area contributed by atoms with E-state index in [0.717, 1.165) is 5.92 Å². The Morgan fingerprint density at radius 2 is 1.61 bits per heavy atom. The molecule has 1 aliphatic rings. The Labute approximate surface area is 114 Å². The van der Waals surface area contributed by atoms with Gasteiger partial charge in [-0.2, -0.15) is 0 Å². The van der Waals surface area contributed by atoms with Crippen LogP contribution >= 0.6 is 0 Å². The van der Waals surface area contributed by atoms with Crippen LogP contribution in [0.4, 0.5) is 0 Å². The van der Waals surface area contributed by atoms with Crippen molar-refractivity contribution in [2.45, 2.75) is 71.6 Å². The molecule has 0 bridgehead atoms. The number of hydrogen-bond donors (Lipinski definition) is 0. The van der Waals surface area contributed by atoms with Gasteiger partial charge in [0.1, 0.15) is 0 Å². The molecule has 2 heteroatoms. The lowest BCUT2D eigenvalue weighted by atomic mass is 10.1. The molecule has 1 fully saturated rings. The molecule has 1 heterocycles. The SMILES string of the molecule is C#N.CCCCCCCCCN1CCC(CC)C1. The first-order valence-corrected chi connectivity index (χ1v) is 7.85. The van der Waals surface area contributed by atoms with E-state index in [1.165, 1.54) is 77.4 Å². The summed E-state index contributed by atoms with van der Waals surface area (Å²) in [6, 6.07) is 0. The lowest BCUT2D eigenvalue weighted by Gasteiger charge is -2.15. The Hall–Kier alpha value is -0.550. The van der Waals surface area contributed by atoms with Gasteiger partial charge in [-0.15, -0.1) is 0 Å². The fraction of sp³-hybridized carbons (Fsp3) is 0.938. The molecule has 0 saturated carbocycles. The van der Waals surface area contributed by atoms with Gasteiger partial charge in [0.05, 0.1) is 0 Å². The van der Waals surface area contributed by atoms with Crippen LogP contribution in [0.25, 0.3) is 0 Å². The molecule has 18 heavy (non-hydrogen) atoms. The summed E-state index contributed by atoms with van der Waals surface area (Å²) in [5.41, 5.74) is 0. The van der Waals surface area contributed by atoms with E-state index in [4.69, 9.17) is 5.26 Å². The van der Waals surface area contributed by atoms with Crippen LogP contribution in [-0.4, -0.2) is 24.5 Å². The highest BCUT2D eigenvalue weighted by atomic mass is 15.1. The van der Waals surface area contributed by atoms with E-state index >= 15 is 0 Å². The molecular formula is C16H32N2. The van der Waals surface area contributed by atoms with Crippen LogP contribution in [0, 0.1) is 17.8 Å². The molecule has 0 amide bonds. The molecule has 0 aromatic heterocycles. The monoisotopic (exact) mass is 252 g/mol. The summed E-state index contributed by atoms with van der Waals surface area (Å²) < 4.78 is 0. The smallest absolute Gasteiger partial charge is 0.0462 e. The molecule has 0 spiro atoms. The van der Waals surface area contributed by atoms with Gasteiger partial charge in [-0.1, -0.05) is 58.8 Å². The van der Waals surface area contributed by atoms with E-state index in [2.05, 4.69) is 25.3 Å². The van der Waals surface area contributed by atoms with Crippen molar-refractivity contribution in [1.29, 1.82) is 5.26 Å². The average Bonchev–Trinajstić information content (AvgIpc) is 2.88. The first-order valence-electron chi connectivity index (χ1n) is 7.85. The molecule has 2 nitrogen and oxygen atoms in total. The largest absolute Gasteiger partial charge is 0.303 e. The summed E-state index contributed by atoms with van der Waals surface area (Å²) in [6.07, 6.45) is 12.9. The van der Waals surface area contributed by atoms with Crippen molar-refractivity contribution in [2.24, 2.45) is 5.92 Å². The molecular weight excluding hydrogens is 220 g/mol. The van der Waals surface area contributed by atoms with E-state index in [1.807, 2.05) is 0 Å². The van der Waals surface area contributed by atoms with E-state index in [0.29, 0.717) is 0 Å². The van der Waals surface area contributed by atoms with Crippen LogP contribution < -0.4 is 0 Å². The third-order valence-electron chi connectivity index (χ3n) is 4.03. The van der Waals surface area contributed by atoms with E-state index in [9.17, 15) is 0 Å². The van der Waals surface area contributed by atoms with Crippen LogP contribution in [0.5, 0.6) is 0 Å².